The topological polar surface area (TPSA) is 60.4 Å². The van der Waals surface area contributed by atoms with Gasteiger partial charge in [-0.3, -0.25) is 9.59 Å². The van der Waals surface area contributed by atoms with Crippen molar-refractivity contribution in [3.63, 3.8) is 0 Å². The molecule has 0 radical (unpaired) electrons. The minimum absolute atomic E-state index is 0.0550. The fourth-order valence-electron chi connectivity index (χ4n) is 1.66. The first kappa shape index (κ1) is 10.9. The van der Waals surface area contributed by atoms with E-state index >= 15 is 0 Å². The molecular weight excluding hydrogens is 184 g/mol. The van der Waals surface area contributed by atoms with Crippen LogP contribution in [0.25, 0.3) is 0 Å². The molecule has 1 aliphatic carbocycles. The molecule has 14 heavy (non-hydrogen) atoms. The van der Waals surface area contributed by atoms with Crippen molar-refractivity contribution in [3.05, 3.63) is 0 Å². The van der Waals surface area contributed by atoms with Gasteiger partial charge in [-0.1, -0.05) is 0 Å². The number of hydrogen-bond donors (Lipinski definition) is 0. The number of esters is 1. The Hall–Kier alpha value is -1.19. The van der Waals surface area contributed by atoms with Crippen LogP contribution in [0.5, 0.6) is 0 Å². The van der Waals surface area contributed by atoms with Gasteiger partial charge >= 0.3 is 5.97 Å². The summed E-state index contributed by atoms with van der Waals surface area (Å²) in [6, 6.07) is 0. The van der Waals surface area contributed by atoms with Crippen LogP contribution >= 0.6 is 0 Å². The highest BCUT2D eigenvalue weighted by Crippen LogP contribution is 2.26. The number of rotatable bonds is 3. The zero-order valence-electron chi connectivity index (χ0n) is 8.19. The summed E-state index contributed by atoms with van der Waals surface area (Å²) < 4.78 is 4.84. The average Bonchev–Trinajstić information content (AvgIpc) is 2.19. The molecule has 0 aromatic heterocycles. The summed E-state index contributed by atoms with van der Waals surface area (Å²) in [6.45, 7) is 2.08. The van der Waals surface area contributed by atoms with Crippen molar-refractivity contribution in [1.29, 1.82) is 0 Å². The molecule has 0 amide bonds. The molecule has 4 nitrogen and oxygen atoms in total. The molecule has 1 rings (SSSR count). The Morgan fingerprint density at radius 2 is 2.36 bits per heavy atom. The maximum atomic E-state index is 11.3. The van der Waals surface area contributed by atoms with Gasteiger partial charge in [0, 0.05) is 6.42 Å². The van der Waals surface area contributed by atoms with Crippen LogP contribution in [0, 0.1) is 11.8 Å². The fourth-order valence-corrected chi connectivity index (χ4v) is 1.66. The maximum absolute atomic E-state index is 11.3. The predicted molar refractivity (Wildman–Crippen MR) is 48.5 cm³/mol. The monoisotopic (exact) mass is 198 g/mol. The van der Waals surface area contributed by atoms with Crippen LogP contribution < -0.4 is 0 Å². The van der Waals surface area contributed by atoms with Crippen LogP contribution in [0.15, 0.2) is 0 Å². The SMILES string of the molecule is CCOC(=O)C1CCC(=O)C(C=O)C1. The smallest absolute Gasteiger partial charge is 0.308 e. The molecule has 0 aromatic rings. The molecule has 0 aromatic carbocycles. The Labute approximate surface area is 82.6 Å². The molecule has 4 heteroatoms. The number of ether oxygens (including phenoxy) is 1. The van der Waals surface area contributed by atoms with Gasteiger partial charge in [-0.15, -0.1) is 0 Å². The molecule has 0 bridgehead atoms. The van der Waals surface area contributed by atoms with E-state index in [0.29, 0.717) is 32.2 Å². The summed E-state index contributed by atoms with van der Waals surface area (Å²) in [5, 5.41) is 0. The third-order valence-electron chi connectivity index (χ3n) is 2.48. The normalized spacial score (nSPS) is 27.1. The van der Waals surface area contributed by atoms with Crippen molar-refractivity contribution in [1.82, 2.24) is 0 Å². The van der Waals surface area contributed by atoms with Crippen LogP contribution in [0.1, 0.15) is 26.2 Å². The van der Waals surface area contributed by atoms with Crippen molar-refractivity contribution >= 4 is 18.0 Å². The largest absolute Gasteiger partial charge is 0.466 e. The highest BCUT2D eigenvalue weighted by molar-refractivity contribution is 5.95. The van der Waals surface area contributed by atoms with Crippen LogP contribution in [0.3, 0.4) is 0 Å². The van der Waals surface area contributed by atoms with E-state index < -0.39 is 5.92 Å². The lowest BCUT2D eigenvalue weighted by Crippen LogP contribution is -2.31. The third-order valence-corrected chi connectivity index (χ3v) is 2.48. The second-order valence-corrected chi connectivity index (χ2v) is 3.43. The first-order valence-corrected chi connectivity index (χ1v) is 4.83. The quantitative estimate of drug-likeness (QED) is 0.381. The predicted octanol–water partition coefficient (Wildman–Crippen LogP) is 0.734. The molecule has 0 N–H and O–H groups in total. The van der Waals surface area contributed by atoms with Gasteiger partial charge in [-0.25, -0.2) is 0 Å². The number of carbonyl (C=O) groups excluding carboxylic acids is 3. The first-order chi connectivity index (χ1) is 6.69. The summed E-state index contributed by atoms with van der Waals surface area (Å²) in [7, 11) is 0. The van der Waals surface area contributed by atoms with Gasteiger partial charge in [0.25, 0.3) is 0 Å². The summed E-state index contributed by atoms with van der Waals surface area (Å²) in [4.78, 5) is 33.0. The Bertz CT molecular complexity index is 247. The van der Waals surface area contributed by atoms with Crippen LogP contribution in [-0.4, -0.2) is 24.6 Å². The van der Waals surface area contributed by atoms with Crippen LogP contribution in [0.2, 0.25) is 0 Å². The lowest BCUT2D eigenvalue weighted by molar-refractivity contribution is -0.150. The van der Waals surface area contributed by atoms with E-state index in [2.05, 4.69) is 0 Å². The molecule has 0 aliphatic heterocycles. The first-order valence-electron chi connectivity index (χ1n) is 4.83. The summed E-state index contributed by atoms with van der Waals surface area (Å²) in [6.07, 6.45) is 1.78. The van der Waals surface area contributed by atoms with Crippen molar-refractivity contribution in [3.8, 4) is 0 Å². The minimum Gasteiger partial charge on any atom is -0.466 e. The van der Waals surface area contributed by atoms with Crippen molar-refractivity contribution in [2.24, 2.45) is 11.8 Å². The standard InChI is InChI=1S/C10H14O4/c1-2-14-10(13)7-3-4-9(12)8(5-7)6-11/h6-8H,2-5H2,1H3. The lowest BCUT2D eigenvalue weighted by atomic mass is 9.81. The second-order valence-electron chi connectivity index (χ2n) is 3.43. The van der Waals surface area contributed by atoms with Crippen molar-refractivity contribution in [2.75, 3.05) is 6.61 Å². The molecule has 2 atom stereocenters. The molecule has 1 saturated carbocycles. The number of ketones is 1. The Kier molecular flexibility index (Phi) is 3.80. The summed E-state index contributed by atoms with van der Waals surface area (Å²) in [5.74, 6) is -1.21. The van der Waals surface area contributed by atoms with E-state index in [0.717, 1.165) is 0 Å². The van der Waals surface area contributed by atoms with Gasteiger partial charge in [0.15, 0.2) is 0 Å². The van der Waals surface area contributed by atoms with Crippen LogP contribution in [0.4, 0.5) is 0 Å². The molecule has 2 unspecified atom stereocenters. The molecule has 1 aliphatic rings. The molecule has 0 spiro atoms. The molecule has 78 valence electrons. The zero-order chi connectivity index (χ0) is 10.6. The van der Waals surface area contributed by atoms with Crippen molar-refractivity contribution < 1.29 is 19.1 Å². The third kappa shape index (κ3) is 2.40. The Morgan fingerprint density at radius 1 is 1.64 bits per heavy atom. The van der Waals surface area contributed by atoms with Gasteiger partial charge in [0.05, 0.1) is 18.4 Å². The van der Waals surface area contributed by atoms with Gasteiger partial charge in [-0.2, -0.15) is 0 Å². The minimum atomic E-state index is -0.599. The van der Waals surface area contributed by atoms with E-state index in [1.807, 2.05) is 0 Å². The van der Waals surface area contributed by atoms with Gasteiger partial charge in [0.2, 0.25) is 0 Å². The van der Waals surface area contributed by atoms with Gasteiger partial charge < -0.3 is 9.53 Å². The fraction of sp³-hybridized carbons (Fsp3) is 0.700. The number of aldehydes is 1. The average molecular weight is 198 g/mol. The molecule has 1 fully saturated rings. The van der Waals surface area contributed by atoms with Crippen LogP contribution in [-0.2, 0) is 19.1 Å². The Balaban J connectivity index is 2.53. The van der Waals surface area contributed by atoms with E-state index in [9.17, 15) is 14.4 Å². The lowest BCUT2D eigenvalue weighted by Gasteiger charge is -2.22. The van der Waals surface area contributed by atoms with Gasteiger partial charge in [0.1, 0.15) is 12.1 Å². The van der Waals surface area contributed by atoms with Crippen molar-refractivity contribution in [2.45, 2.75) is 26.2 Å². The van der Waals surface area contributed by atoms with E-state index in [4.69, 9.17) is 4.74 Å². The van der Waals surface area contributed by atoms with E-state index in [-0.39, 0.29) is 17.7 Å². The van der Waals surface area contributed by atoms with E-state index in [1.165, 1.54) is 0 Å². The summed E-state index contributed by atoms with van der Waals surface area (Å²) in [5.41, 5.74) is 0. The highest BCUT2D eigenvalue weighted by atomic mass is 16.5. The molecular formula is C10H14O4. The second kappa shape index (κ2) is 4.88. The maximum Gasteiger partial charge on any atom is 0.308 e. The van der Waals surface area contributed by atoms with E-state index in [1.54, 1.807) is 6.92 Å². The number of carbonyl (C=O) groups is 3. The summed E-state index contributed by atoms with van der Waals surface area (Å²) >= 11 is 0. The Morgan fingerprint density at radius 3 is 2.93 bits per heavy atom. The molecule has 0 saturated heterocycles. The number of Topliss-reactive ketones (excluding diaryl/α,β-unsaturated/α-hetero) is 1. The van der Waals surface area contributed by atoms with Gasteiger partial charge in [-0.05, 0) is 19.8 Å². The number of hydrogen-bond acceptors (Lipinski definition) is 4. The molecule has 0 heterocycles. The highest BCUT2D eigenvalue weighted by Gasteiger charge is 2.32. The zero-order valence-corrected chi connectivity index (χ0v) is 8.19.